The molecule has 0 radical (unpaired) electrons. The first-order chi connectivity index (χ1) is 15.2. The fraction of sp³-hybridized carbons (Fsp3) is 0.364. The lowest BCUT2D eigenvalue weighted by atomic mass is 10.0. The number of sulfonamides is 1. The van der Waals surface area contributed by atoms with Crippen LogP contribution in [0.4, 0.5) is 10.1 Å². The van der Waals surface area contributed by atoms with E-state index in [2.05, 4.69) is 15.4 Å². The molecular formula is C22H27FN4O4S. The van der Waals surface area contributed by atoms with Gasteiger partial charge >= 0.3 is 0 Å². The SMILES string of the molecule is C[C@H](NS(=O)(=O)c1ccc(F)cc1)C(=O)NC1CCN(CC(=O)Nc2ccccc2)CC1. The van der Waals surface area contributed by atoms with Gasteiger partial charge in [0.1, 0.15) is 5.82 Å². The molecular weight excluding hydrogens is 435 g/mol. The van der Waals surface area contributed by atoms with Crippen LogP contribution in [0.2, 0.25) is 0 Å². The molecule has 1 fully saturated rings. The van der Waals surface area contributed by atoms with Gasteiger partial charge in [-0.2, -0.15) is 4.72 Å². The molecule has 8 nitrogen and oxygen atoms in total. The highest BCUT2D eigenvalue weighted by Crippen LogP contribution is 2.13. The molecule has 0 spiro atoms. The van der Waals surface area contributed by atoms with Crippen LogP contribution in [0, 0.1) is 5.82 Å². The van der Waals surface area contributed by atoms with Gasteiger partial charge in [0.15, 0.2) is 0 Å². The molecule has 172 valence electrons. The van der Waals surface area contributed by atoms with Crippen LogP contribution < -0.4 is 15.4 Å². The van der Waals surface area contributed by atoms with Crippen LogP contribution in [0.15, 0.2) is 59.5 Å². The standard InChI is InChI=1S/C22H27FN4O4S/c1-16(26-32(30,31)20-9-7-17(23)8-10-20)22(29)25-19-11-13-27(14-12-19)15-21(28)24-18-5-3-2-4-6-18/h2-10,16,19,26H,11-15H2,1H3,(H,24,28)(H,25,29)/t16-/m0/s1. The number of rotatable bonds is 8. The Morgan fingerprint density at radius 2 is 1.69 bits per heavy atom. The summed E-state index contributed by atoms with van der Waals surface area (Å²) < 4.78 is 40.1. The fourth-order valence-electron chi connectivity index (χ4n) is 3.45. The summed E-state index contributed by atoms with van der Waals surface area (Å²) in [4.78, 5) is 26.6. The highest BCUT2D eigenvalue weighted by atomic mass is 32.2. The van der Waals surface area contributed by atoms with Crippen molar-refractivity contribution >= 4 is 27.5 Å². The van der Waals surface area contributed by atoms with Crippen LogP contribution in [0.1, 0.15) is 19.8 Å². The maximum Gasteiger partial charge on any atom is 0.241 e. The van der Waals surface area contributed by atoms with E-state index in [0.717, 1.165) is 30.0 Å². The molecule has 1 aliphatic heterocycles. The largest absolute Gasteiger partial charge is 0.352 e. The van der Waals surface area contributed by atoms with Gasteiger partial charge < -0.3 is 10.6 Å². The number of carbonyl (C=O) groups excluding carboxylic acids is 2. The van der Waals surface area contributed by atoms with Gasteiger partial charge in [-0.05, 0) is 56.2 Å². The third-order valence-electron chi connectivity index (χ3n) is 5.21. The van der Waals surface area contributed by atoms with Crippen molar-refractivity contribution in [1.29, 1.82) is 0 Å². The van der Waals surface area contributed by atoms with E-state index >= 15 is 0 Å². The van der Waals surface area contributed by atoms with E-state index in [-0.39, 0.29) is 23.4 Å². The molecule has 3 rings (SSSR count). The molecule has 0 bridgehead atoms. The summed E-state index contributed by atoms with van der Waals surface area (Å²) in [6, 6.07) is 12.5. The zero-order valence-electron chi connectivity index (χ0n) is 17.8. The Labute approximate surface area is 187 Å². The van der Waals surface area contributed by atoms with Crippen molar-refractivity contribution in [1.82, 2.24) is 14.9 Å². The third kappa shape index (κ3) is 6.84. The number of anilines is 1. The van der Waals surface area contributed by atoms with E-state index in [4.69, 9.17) is 0 Å². The van der Waals surface area contributed by atoms with Gasteiger partial charge in [-0.3, -0.25) is 14.5 Å². The first kappa shape index (κ1) is 23.8. The molecule has 1 heterocycles. The minimum Gasteiger partial charge on any atom is -0.352 e. The lowest BCUT2D eigenvalue weighted by Crippen LogP contribution is -2.51. The van der Waals surface area contributed by atoms with Gasteiger partial charge in [0.05, 0.1) is 17.5 Å². The summed E-state index contributed by atoms with van der Waals surface area (Å²) >= 11 is 0. The number of nitrogens with zero attached hydrogens (tertiary/aromatic N) is 1. The van der Waals surface area contributed by atoms with Gasteiger partial charge in [-0.25, -0.2) is 12.8 Å². The number of likely N-dealkylation sites (tertiary alicyclic amines) is 1. The Morgan fingerprint density at radius 3 is 2.31 bits per heavy atom. The molecule has 10 heteroatoms. The summed E-state index contributed by atoms with van der Waals surface area (Å²) in [6.45, 7) is 3.01. The summed E-state index contributed by atoms with van der Waals surface area (Å²) in [5, 5.41) is 5.71. The first-order valence-corrected chi connectivity index (χ1v) is 11.9. The summed E-state index contributed by atoms with van der Waals surface area (Å²) in [5.41, 5.74) is 0.747. The van der Waals surface area contributed by atoms with Crippen LogP contribution in [-0.2, 0) is 19.6 Å². The fourth-order valence-corrected chi connectivity index (χ4v) is 4.66. The minimum atomic E-state index is -3.94. The molecule has 0 unspecified atom stereocenters. The smallest absolute Gasteiger partial charge is 0.241 e. The number of piperidine rings is 1. The van der Waals surface area contributed by atoms with Gasteiger partial charge in [0, 0.05) is 24.8 Å². The molecule has 0 aliphatic carbocycles. The average Bonchev–Trinajstić information content (AvgIpc) is 2.75. The Balaban J connectivity index is 1.42. The van der Waals surface area contributed by atoms with Crippen molar-refractivity contribution in [2.24, 2.45) is 0 Å². The maximum absolute atomic E-state index is 13.0. The lowest BCUT2D eigenvalue weighted by molar-refractivity contribution is -0.123. The number of halogens is 1. The van der Waals surface area contributed by atoms with Crippen LogP contribution in [0.5, 0.6) is 0 Å². The molecule has 2 aromatic carbocycles. The van der Waals surface area contributed by atoms with E-state index in [9.17, 15) is 22.4 Å². The van der Waals surface area contributed by atoms with E-state index in [1.807, 2.05) is 35.2 Å². The molecule has 1 atom stereocenters. The molecule has 0 aromatic heterocycles. The number of para-hydroxylation sites is 1. The van der Waals surface area contributed by atoms with Gasteiger partial charge in [0.2, 0.25) is 21.8 Å². The third-order valence-corrected chi connectivity index (χ3v) is 6.76. The lowest BCUT2D eigenvalue weighted by Gasteiger charge is -2.32. The van der Waals surface area contributed by atoms with E-state index < -0.39 is 27.8 Å². The predicted octanol–water partition coefficient (Wildman–Crippen LogP) is 1.71. The van der Waals surface area contributed by atoms with Crippen molar-refractivity contribution in [3.8, 4) is 0 Å². The summed E-state index contributed by atoms with van der Waals surface area (Å²) in [6.07, 6.45) is 1.31. The van der Waals surface area contributed by atoms with Crippen LogP contribution in [0.3, 0.4) is 0 Å². The van der Waals surface area contributed by atoms with Gasteiger partial charge in [-0.1, -0.05) is 18.2 Å². The Kier molecular flexibility index (Phi) is 7.94. The van der Waals surface area contributed by atoms with Crippen molar-refractivity contribution in [3.63, 3.8) is 0 Å². The van der Waals surface area contributed by atoms with Crippen LogP contribution >= 0.6 is 0 Å². The monoisotopic (exact) mass is 462 g/mol. The van der Waals surface area contributed by atoms with Gasteiger partial charge in [0.25, 0.3) is 0 Å². The number of hydrogen-bond acceptors (Lipinski definition) is 5. The molecule has 2 amide bonds. The number of amides is 2. The van der Waals surface area contributed by atoms with E-state index in [1.165, 1.54) is 6.92 Å². The minimum absolute atomic E-state index is 0.0949. The molecule has 2 aromatic rings. The molecule has 1 aliphatic rings. The zero-order chi connectivity index (χ0) is 23.1. The van der Waals surface area contributed by atoms with Crippen molar-refractivity contribution in [3.05, 3.63) is 60.4 Å². The van der Waals surface area contributed by atoms with Crippen molar-refractivity contribution in [2.75, 3.05) is 25.0 Å². The topological polar surface area (TPSA) is 108 Å². The molecule has 3 N–H and O–H groups in total. The summed E-state index contributed by atoms with van der Waals surface area (Å²) in [7, 11) is -3.94. The summed E-state index contributed by atoms with van der Waals surface area (Å²) in [5.74, 6) is -1.07. The number of nitrogens with one attached hydrogen (secondary N) is 3. The van der Waals surface area contributed by atoms with Crippen LogP contribution in [0.25, 0.3) is 0 Å². The Hall–Kier alpha value is -2.82. The normalized spacial score (nSPS) is 16.3. The van der Waals surface area contributed by atoms with Crippen LogP contribution in [-0.4, -0.2) is 56.9 Å². The second-order valence-corrected chi connectivity index (χ2v) is 9.48. The average molecular weight is 463 g/mol. The highest BCUT2D eigenvalue weighted by Gasteiger charge is 2.26. The second kappa shape index (κ2) is 10.7. The number of benzene rings is 2. The van der Waals surface area contributed by atoms with Crippen molar-refractivity contribution in [2.45, 2.75) is 36.7 Å². The van der Waals surface area contributed by atoms with E-state index in [0.29, 0.717) is 25.9 Å². The molecule has 0 saturated carbocycles. The van der Waals surface area contributed by atoms with E-state index in [1.54, 1.807) is 0 Å². The predicted molar refractivity (Wildman–Crippen MR) is 119 cm³/mol. The number of carbonyl (C=O) groups is 2. The zero-order valence-corrected chi connectivity index (χ0v) is 18.6. The van der Waals surface area contributed by atoms with Crippen molar-refractivity contribution < 1.29 is 22.4 Å². The Bertz CT molecular complexity index is 1020. The van der Waals surface area contributed by atoms with Gasteiger partial charge in [-0.15, -0.1) is 0 Å². The highest BCUT2D eigenvalue weighted by molar-refractivity contribution is 7.89. The maximum atomic E-state index is 13.0. The molecule has 32 heavy (non-hydrogen) atoms. The molecule has 1 saturated heterocycles. The first-order valence-electron chi connectivity index (χ1n) is 10.4. The quantitative estimate of drug-likeness (QED) is 0.554. The second-order valence-electron chi connectivity index (χ2n) is 7.77. The number of hydrogen-bond donors (Lipinski definition) is 3. The Morgan fingerprint density at radius 1 is 1.06 bits per heavy atom.